The van der Waals surface area contributed by atoms with Crippen LogP contribution in [0.1, 0.15) is 6.42 Å². The highest BCUT2D eigenvalue weighted by molar-refractivity contribution is 6.06. The molecule has 1 atom stereocenters. The van der Waals surface area contributed by atoms with Crippen LogP contribution in [0.2, 0.25) is 0 Å². The Bertz CT molecular complexity index is 305. The number of aliphatic imine (C=N–C) groups is 1. The van der Waals surface area contributed by atoms with E-state index in [4.69, 9.17) is 10.5 Å². The Balaban J connectivity index is 2.31. The summed E-state index contributed by atoms with van der Waals surface area (Å²) in [5.41, 5.74) is 5.26. The van der Waals surface area contributed by atoms with E-state index in [0.29, 0.717) is 25.6 Å². The van der Waals surface area contributed by atoms with Crippen LogP contribution in [0.5, 0.6) is 0 Å². The molecule has 2 rings (SSSR count). The Morgan fingerprint density at radius 1 is 1.79 bits per heavy atom. The lowest BCUT2D eigenvalue weighted by atomic mass is 9.96. The molecule has 5 nitrogen and oxygen atoms in total. The van der Waals surface area contributed by atoms with E-state index < -0.39 is 5.54 Å². The fourth-order valence-electron chi connectivity index (χ4n) is 1.94. The van der Waals surface area contributed by atoms with E-state index in [9.17, 15) is 4.79 Å². The molecule has 2 aliphatic heterocycles. The fourth-order valence-corrected chi connectivity index (χ4v) is 1.94. The number of ether oxygens (including phenoxy) is 1. The summed E-state index contributed by atoms with van der Waals surface area (Å²) in [6, 6.07) is -0.284. The molecule has 1 saturated heterocycles. The van der Waals surface area contributed by atoms with Crippen LogP contribution in [-0.4, -0.2) is 42.1 Å². The van der Waals surface area contributed by atoms with E-state index >= 15 is 0 Å². The van der Waals surface area contributed by atoms with Crippen LogP contribution >= 0.6 is 0 Å². The Labute approximate surface area is 82.2 Å². The molecule has 2 amide bonds. The zero-order chi connectivity index (χ0) is 10.2. The monoisotopic (exact) mass is 195 g/mol. The third-order valence-corrected chi connectivity index (χ3v) is 2.75. The number of amides is 2. The summed E-state index contributed by atoms with van der Waals surface area (Å²) >= 11 is 0. The second kappa shape index (κ2) is 3.09. The normalized spacial score (nSPS) is 31.3. The topological polar surface area (TPSA) is 67.9 Å². The van der Waals surface area contributed by atoms with E-state index in [2.05, 4.69) is 11.6 Å². The second-order valence-corrected chi connectivity index (χ2v) is 3.51. The van der Waals surface area contributed by atoms with Gasteiger partial charge in [0.05, 0.1) is 6.61 Å². The van der Waals surface area contributed by atoms with E-state index in [-0.39, 0.29) is 6.03 Å². The summed E-state index contributed by atoms with van der Waals surface area (Å²) < 4.78 is 5.29. The third kappa shape index (κ3) is 1.05. The van der Waals surface area contributed by atoms with Crippen molar-refractivity contribution in [2.24, 2.45) is 10.7 Å². The quantitative estimate of drug-likeness (QED) is 0.636. The minimum Gasteiger partial charge on any atom is -0.385 e. The number of nitrogens with zero attached hydrogens (tertiary/aromatic N) is 2. The van der Waals surface area contributed by atoms with Crippen molar-refractivity contribution in [1.29, 1.82) is 0 Å². The summed E-state index contributed by atoms with van der Waals surface area (Å²) in [4.78, 5) is 16.9. The minimum atomic E-state index is -0.495. The van der Waals surface area contributed by atoms with Crippen molar-refractivity contribution < 1.29 is 9.53 Å². The number of hydrogen-bond donors (Lipinski definition) is 1. The molecule has 0 aromatic carbocycles. The number of hydrogen-bond acceptors (Lipinski definition) is 3. The summed E-state index contributed by atoms with van der Waals surface area (Å²) in [5.74, 6) is 0.377. The van der Waals surface area contributed by atoms with E-state index in [1.165, 1.54) is 0 Å². The van der Waals surface area contributed by atoms with Crippen LogP contribution in [0.3, 0.4) is 0 Å². The highest BCUT2D eigenvalue weighted by Gasteiger charge is 2.50. The van der Waals surface area contributed by atoms with Crippen LogP contribution in [0.4, 0.5) is 4.79 Å². The molecule has 2 aliphatic rings. The lowest BCUT2D eigenvalue weighted by Gasteiger charge is -2.31. The van der Waals surface area contributed by atoms with E-state index in [1.54, 1.807) is 11.0 Å². The summed E-state index contributed by atoms with van der Waals surface area (Å²) in [5, 5.41) is 0. The molecule has 14 heavy (non-hydrogen) atoms. The third-order valence-electron chi connectivity index (χ3n) is 2.75. The van der Waals surface area contributed by atoms with Crippen molar-refractivity contribution >= 4 is 11.9 Å². The van der Waals surface area contributed by atoms with Crippen LogP contribution in [0, 0.1) is 0 Å². The maximum atomic E-state index is 11.5. The van der Waals surface area contributed by atoms with Crippen molar-refractivity contribution in [3.63, 3.8) is 0 Å². The first-order valence-corrected chi connectivity index (χ1v) is 4.55. The molecule has 2 N–H and O–H groups in total. The molecule has 1 fully saturated rings. The van der Waals surface area contributed by atoms with Crippen molar-refractivity contribution in [3.8, 4) is 0 Å². The largest absolute Gasteiger partial charge is 0.385 e. The maximum Gasteiger partial charge on any atom is 0.346 e. The van der Waals surface area contributed by atoms with E-state index in [1.807, 2.05) is 0 Å². The summed E-state index contributed by atoms with van der Waals surface area (Å²) in [7, 11) is 0. The highest BCUT2D eigenvalue weighted by Crippen LogP contribution is 2.31. The van der Waals surface area contributed by atoms with Crippen LogP contribution < -0.4 is 5.73 Å². The van der Waals surface area contributed by atoms with Crippen LogP contribution in [-0.2, 0) is 4.74 Å². The number of carbonyl (C=O) groups is 1. The molecular weight excluding hydrogens is 182 g/mol. The number of amidine groups is 1. The maximum absolute atomic E-state index is 11.5. The average molecular weight is 195 g/mol. The highest BCUT2D eigenvalue weighted by atomic mass is 16.5. The first-order valence-electron chi connectivity index (χ1n) is 4.55. The first kappa shape index (κ1) is 9.21. The van der Waals surface area contributed by atoms with Crippen molar-refractivity contribution in [2.45, 2.75) is 12.0 Å². The minimum absolute atomic E-state index is 0.284. The Kier molecular flexibility index (Phi) is 2.03. The number of nitrogens with two attached hydrogens (primary N) is 1. The molecule has 0 radical (unpaired) electrons. The van der Waals surface area contributed by atoms with Gasteiger partial charge in [0, 0.05) is 19.6 Å². The lowest BCUT2D eigenvalue weighted by molar-refractivity contribution is 0.142. The van der Waals surface area contributed by atoms with Crippen LogP contribution in [0.25, 0.3) is 0 Å². The van der Waals surface area contributed by atoms with Gasteiger partial charge in [-0.3, -0.25) is 0 Å². The number of urea groups is 1. The second-order valence-electron chi connectivity index (χ2n) is 3.51. The predicted octanol–water partition coefficient (Wildman–Crippen LogP) is 0.124. The number of rotatable bonds is 2. The number of carbonyl (C=O) groups excluding carboxylic acids is 1. The van der Waals surface area contributed by atoms with Gasteiger partial charge in [0.1, 0.15) is 11.4 Å². The van der Waals surface area contributed by atoms with Gasteiger partial charge >= 0.3 is 6.03 Å². The molecule has 2 heterocycles. The van der Waals surface area contributed by atoms with Crippen molar-refractivity contribution in [2.75, 3.05) is 19.8 Å². The molecule has 1 unspecified atom stereocenters. The van der Waals surface area contributed by atoms with Gasteiger partial charge in [0.2, 0.25) is 0 Å². The van der Waals surface area contributed by atoms with E-state index in [0.717, 1.165) is 6.42 Å². The van der Waals surface area contributed by atoms with Gasteiger partial charge in [-0.15, -0.1) is 6.58 Å². The standard InChI is InChI=1S/C9H13N3O2/c1-2-4-12-8(13)11-7(10)9(12)3-5-14-6-9/h2H,1,3-6H2,(H2,10,11,13). The Morgan fingerprint density at radius 3 is 3.14 bits per heavy atom. The zero-order valence-corrected chi connectivity index (χ0v) is 7.90. The smallest absolute Gasteiger partial charge is 0.346 e. The molecule has 1 spiro atoms. The van der Waals surface area contributed by atoms with Gasteiger partial charge in [-0.05, 0) is 0 Å². The lowest BCUT2D eigenvalue weighted by Crippen LogP contribution is -2.54. The molecule has 0 aromatic heterocycles. The van der Waals surface area contributed by atoms with Gasteiger partial charge in [0.25, 0.3) is 0 Å². The molecule has 0 bridgehead atoms. The zero-order valence-electron chi connectivity index (χ0n) is 7.90. The van der Waals surface area contributed by atoms with Gasteiger partial charge < -0.3 is 15.4 Å². The fraction of sp³-hybridized carbons (Fsp3) is 0.556. The predicted molar refractivity (Wildman–Crippen MR) is 52.1 cm³/mol. The summed E-state index contributed by atoms with van der Waals surface area (Å²) in [6.45, 7) is 5.14. The van der Waals surface area contributed by atoms with Gasteiger partial charge in [-0.25, -0.2) is 4.79 Å². The molecule has 76 valence electrons. The van der Waals surface area contributed by atoms with Crippen molar-refractivity contribution in [3.05, 3.63) is 12.7 Å². The first-order chi connectivity index (χ1) is 6.70. The van der Waals surface area contributed by atoms with Gasteiger partial charge in [0.15, 0.2) is 0 Å². The molecular formula is C9H13N3O2. The van der Waals surface area contributed by atoms with Gasteiger partial charge in [-0.1, -0.05) is 6.08 Å². The Morgan fingerprint density at radius 2 is 2.57 bits per heavy atom. The summed E-state index contributed by atoms with van der Waals surface area (Å²) in [6.07, 6.45) is 2.40. The molecule has 0 aliphatic carbocycles. The van der Waals surface area contributed by atoms with Crippen molar-refractivity contribution in [1.82, 2.24) is 4.90 Å². The average Bonchev–Trinajstić information content (AvgIpc) is 2.70. The van der Waals surface area contributed by atoms with Gasteiger partial charge in [-0.2, -0.15) is 4.99 Å². The Hall–Kier alpha value is -1.36. The van der Waals surface area contributed by atoms with Crippen LogP contribution in [0.15, 0.2) is 17.6 Å². The molecule has 5 heteroatoms. The molecule has 0 aromatic rings. The SMILES string of the molecule is C=CCN1C(=O)N=C(N)C12CCOC2. The molecule has 0 saturated carbocycles.